The highest BCUT2D eigenvalue weighted by Crippen LogP contribution is 2.24. The zero-order valence-corrected chi connectivity index (χ0v) is 12.4. The summed E-state index contributed by atoms with van der Waals surface area (Å²) in [6, 6.07) is 5.30. The standard InChI is InChI=1S/C13H21NO4S/c1-4-5-8-19(15,16)14-10-11-6-7-12(17-2)9-13(11)18-3/h6-7,9,14H,4-5,8,10H2,1-3H3. The molecule has 0 fully saturated rings. The second kappa shape index (κ2) is 7.35. The summed E-state index contributed by atoms with van der Waals surface area (Å²) >= 11 is 0. The Hall–Kier alpha value is -1.27. The predicted octanol–water partition coefficient (Wildman–Crippen LogP) is 1.92. The van der Waals surface area contributed by atoms with Crippen molar-refractivity contribution in [3.63, 3.8) is 0 Å². The molecule has 0 heterocycles. The first-order valence-electron chi connectivity index (χ1n) is 6.20. The number of methoxy groups -OCH3 is 2. The number of sulfonamides is 1. The number of nitrogens with one attached hydrogen (secondary N) is 1. The van der Waals surface area contributed by atoms with Crippen molar-refractivity contribution in [1.82, 2.24) is 4.72 Å². The van der Waals surface area contributed by atoms with Crippen LogP contribution in [-0.2, 0) is 16.6 Å². The molecular weight excluding hydrogens is 266 g/mol. The van der Waals surface area contributed by atoms with Crippen LogP contribution in [0.2, 0.25) is 0 Å². The minimum absolute atomic E-state index is 0.155. The molecule has 0 amide bonds. The van der Waals surface area contributed by atoms with E-state index in [0.717, 1.165) is 12.0 Å². The van der Waals surface area contributed by atoms with Crippen LogP contribution >= 0.6 is 0 Å². The van der Waals surface area contributed by atoms with Crippen LogP contribution in [0.1, 0.15) is 25.3 Å². The normalized spacial score (nSPS) is 11.3. The molecule has 0 saturated heterocycles. The molecule has 19 heavy (non-hydrogen) atoms. The first-order chi connectivity index (χ1) is 9.02. The summed E-state index contributed by atoms with van der Waals surface area (Å²) in [5.74, 6) is 1.44. The molecule has 0 unspecified atom stereocenters. The van der Waals surface area contributed by atoms with Gasteiger partial charge in [-0.2, -0.15) is 0 Å². The van der Waals surface area contributed by atoms with Crippen molar-refractivity contribution in [2.75, 3.05) is 20.0 Å². The first kappa shape index (κ1) is 15.8. The zero-order valence-electron chi connectivity index (χ0n) is 11.6. The van der Waals surface area contributed by atoms with E-state index in [1.54, 1.807) is 32.4 Å². The minimum Gasteiger partial charge on any atom is -0.497 e. The maximum Gasteiger partial charge on any atom is 0.211 e. The second-order valence-electron chi connectivity index (χ2n) is 4.17. The van der Waals surface area contributed by atoms with E-state index in [2.05, 4.69) is 4.72 Å². The molecule has 0 saturated carbocycles. The Morgan fingerprint density at radius 1 is 1.21 bits per heavy atom. The van der Waals surface area contributed by atoms with Crippen LogP contribution in [0.15, 0.2) is 18.2 Å². The third kappa shape index (κ3) is 5.08. The Morgan fingerprint density at radius 2 is 1.95 bits per heavy atom. The van der Waals surface area contributed by atoms with Crippen molar-refractivity contribution in [2.45, 2.75) is 26.3 Å². The van der Waals surface area contributed by atoms with E-state index in [4.69, 9.17) is 9.47 Å². The molecule has 0 spiro atoms. The Balaban J connectivity index is 2.72. The van der Waals surface area contributed by atoms with Crippen molar-refractivity contribution >= 4 is 10.0 Å². The summed E-state index contributed by atoms with van der Waals surface area (Å²) in [4.78, 5) is 0. The summed E-state index contributed by atoms with van der Waals surface area (Å²) in [7, 11) is -0.103. The summed E-state index contributed by atoms with van der Waals surface area (Å²) in [6.45, 7) is 2.18. The topological polar surface area (TPSA) is 64.6 Å². The number of ether oxygens (including phenoxy) is 2. The molecule has 5 nitrogen and oxygen atoms in total. The Morgan fingerprint density at radius 3 is 2.53 bits per heavy atom. The molecule has 1 aromatic rings. The van der Waals surface area contributed by atoms with Gasteiger partial charge in [-0.1, -0.05) is 19.4 Å². The molecule has 0 aliphatic rings. The quantitative estimate of drug-likeness (QED) is 0.793. The highest BCUT2D eigenvalue weighted by Gasteiger charge is 2.11. The van der Waals surface area contributed by atoms with Crippen LogP contribution < -0.4 is 14.2 Å². The molecule has 0 aliphatic heterocycles. The number of rotatable bonds is 8. The third-order valence-corrected chi connectivity index (χ3v) is 4.15. The van der Waals surface area contributed by atoms with Crippen molar-refractivity contribution in [1.29, 1.82) is 0 Å². The molecule has 0 aliphatic carbocycles. The van der Waals surface area contributed by atoms with Crippen LogP contribution in [0.4, 0.5) is 0 Å². The van der Waals surface area contributed by atoms with E-state index in [9.17, 15) is 8.42 Å². The zero-order chi connectivity index (χ0) is 14.3. The van der Waals surface area contributed by atoms with Crippen LogP contribution in [-0.4, -0.2) is 28.4 Å². The molecule has 0 radical (unpaired) electrons. The Labute approximate surface area is 115 Å². The van der Waals surface area contributed by atoms with Crippen LogP contribution in [0.5, 0.6) is 11.5 Å². The van der Waals surface area contributed by atoms with Crippen LogP contribution in [0, 0.1) is 0 Å². The van der Waals surface area contributed by atoms with Crippen molar-refractivity contribution in [3.8, 4) is 11.5 Å². The SMILES string of the molecule is CCCCS(=O)(=O)NCc1ccc(OC)cc1OC. The molecule has 108 valence electrons. The lowest BCUT2D eigenvalue weighted by molar-refractivity contribution is 0.390. The van der Waals surface area contributed by atoms with Gasteiger partial charge in [-0.25, -0.2) is 13.1 Å². The highest BCUT2D eigenvalue weighted by atomic mass is 32.2. The van der Waals surface area contributed by atoms with E-state index in [1.807, 2.05) is 6.92 Å². The molecule has 1 aromatic carbocycles. The van der Waals surface area contributed by atoms with Crippen molar-refractivity contribution in [3.05, 3.63) is 23.8 Å². The number of benzene rings is 1. The fourth-order valence-corrected chi connectivity index (χ4v) is 2.78. The Kier molecular flexibility index (Phi) is 6.11. The second-order valence-corrected chi connectivity index (χ2v) is 6.10. The Bertz CT molecular complexity index is 499. The smallest absolute Gasteiger partial charge is 0.211 e. The maximum absolute atomic E-state index is 11.7. The average Bonchev–Trinajstić information content (AvgIpc) is 2.42. The number of hydrogen-bond acceptors (Lipinski definition) is 4. The summed E-state index contributed by atoms with van der Waals surface area (Å²) in [6.07, 6.45) is 1.52. The van der Waals surface area contributed by atoms with Gasteiger partial charge in [0.25, 0.3) is 0 Å². The lowest BCUT2D eigenvalue weighted by Gasteiger charge is -2.11. The van der Waals surface area contributed by atoms with Gasteiger partial charge in [0.2, 0.25) is 10.0 Å². The van der Waals surface area contributed by atoms with Gasteiger partial charge < -0.3 is 9.47 Å². The van der Waals surface area contributed by atoms with Crippen molar-refractivity contribution < 1.29 is 17.9 Å². The number of hydrogen-bond donors (Lipinski definition) is 1. The van der Waals surface area contributed by atoms with Crippen LogP contribution in [0.3, 0.4) is 0 Å². The predicted molar refractivity (Wildman–Crippen MR) is 75.1 cm³/mol. The van der Waals surface area contributed by atoms with E-state index in [1.165, 1.54) is 0 Å². The van der Waals surface area contributed by atoms with Gasteiger partial charge in [0.05, 0.1) is 20.0 Å². The molecule has 0 bridgehead atoms. The lowest BCUT2D eigenvalue weighted by Crippen LogP contribution is -2.26. The van der Waals surface area contributed by atoms with Gasteiger partial charge in [0.1, 0.15) is 11.5 Å². The summed E-state index contributed by atoms with van der Waals surface area (Å²) in [5, 5.41) is 0. The summed E-state index contributed by atoms with van der Waals surface area (Å²) in [5.41, 5.74) is 0.781. The first-order valence-corrected chi connectivity index (χ1v) is 7.86. The number of unbranched alkanes of at least 4 members (excludes halogenated alkanes) is 1. The van der Waals surface area contributed by atoms with Gasteiger partial charge in [-0.3, -0.25) is 0 Å². The highest BCUT2D eigenvalue weighted by molar-refractivity contribution is 7.89. The van der Waals surface area contributed by atoms with Gasteiger partial charge >= 0.3 is 0 Å². The molecule has 0 atom stereocenters. The third-order valence-electron chi connectivity index (χ3n) is 2.74. The van der Waals surface area contributed by atoms with Gasteiger partial charge in [0, 0.05) is 18.2 Å². The fourth-order valence-electron chi connectivity index (χ4n) is 1.59. The molecule has 6 heteroatoms. The van der Waals surface area contributed by atoms with Crippen molar-refractivity contribution in [2.24, 2.45) is 0 Å². The summed E-state index contributed by atoms with van der Waals surface area (Å²) < 4.78 is 36.3. The maximum atomic E-state index is 11.7. The monoisotopic (exact) mass is 287 g/mol. The average molecular weight is 287 g/mol. The fraction of sp³-hybridized carbons (Fsp3) is 0.538. The molecule has 0 aromatic heterocycles. The van der Waals surface area contributed by atoms with E-state index in [0.29, 0.717) is 17.9 Å². The minimum atomic E-state index is -3.22. The lowest BCUT2D eigenvalue weighted by atomic mass is 10.2. The van der Waals surface area contributed by atoms with Gasteiger partial charge in [-0.05, 0) is 12.5 Å². The van der Waals surface area contributed by atoms with Gasteiger partial charge in [-0.15, -0.1) is 0 Å². The van der Waals surface area contributed by atoms with E-state index >= 15 is 0 Å². The van der Waals surface area contributed by atoms with Gasteiger partial charge in [0.15, 0.2) is 0 Å². The molecule has 1 N–H and O–H groups in total. The largest absolute Gasteiger partial charge is 0.497 e. The molecule has 1 rings (SSSR count). The van der Waals surface area contributed by atoms with E-state index in [-0.39, 0.29) is 12.3 Å². The molecular formula is C13H21NO4S. The van der Waals surface area contributed by atoms with E-state index < -0.39 is 10.0 Å². The van der Waals surface area contributed by atoms with Crippen LogP contribution in [0.25, 0.3) is 0 Å².